The van der Waals surface area contributed by atoms with Gasteiger partial charge in [0.25, 0.3) is 0 Å². The molecule has 0 spiro atoms. The first-order chi connectivity index (χ1) is 9.72. The van der Waals surface area contributed by atoms with Gasteiger partial charge in [-0.15, -0.1) is 0 Å². The minimum atomic E-state index is 0.303. The van der Waals surface area contributed by atoms with Crippen LogP contribution >= 0.6 is 0 Å². The summed E-state index contributed by atoms with van der Waals surface area (Å²) in [7, 11) is 0. The summed E-state index contributed by atoms with van der Waals surface area (Å²) in [6, 6.07) is 9.09. The zero-order valence-electron chi connectivity index (χ0n) is 12.0. The molecule has 4 nitrogen and oxygen atoms in total. The van der Waals surface area contributed by atoms with Gasteiger partial charge in [-0.25, -0.2) is 0 Å². The molecule has 0 radical (unpaired) electrons. The molecule has 20 heavy (non-hydrogen) atoms. The number of hydrogen-bond acceptors (Lipinski definition) is 3. The summed E-state index contributed by atoms with van der Waals surface area (Å²) in [4.78, 5) is 0. The van der Waals surface area contributed by atoms with E-state index in [-0.39, 0.29) is 0 Å². The van der Waals surface area contributed by atoms with Crippen LogP contribution < -0.4 is 10.1 Å². The molecule has 0 saturated carbocycles. The van der Waals surface area contributed by atoms with Crippen molar-refractivity contribution < 1.29 is 4.74 Å². The summed E-state index contributed by atoms with van der Waals surface area (Å²) in [6.45, 7) is 6.01. The van der Waals surface area contributed by atoms with Gasteiger partial charge in [0.1, 0.15) is 12.4 Å². The minimum Gasteiger partial charge on any atom is -0.491 e. The van der Waals surface area contributed by atoms with Gasteiger partial charge in [0.05, 0.1) is 6.04 Å². The van der Waals surface area contributed by atoms with Crippen LogP contribution in [0.3, 0.4) is 0 Å². The second-order valence-corrected chi connectivity index (χ2v) is 5.53. The number of fused-ring (bicyclic) bond motifs is 1. The summed E-state index contributed by atoms with van der Waals surface area (Å²) < 4.78 is 7.71. The van der Waals surface area contributed by atoms with Crippen molar-refractivity contribution in [2.24, 2.45) is 0 Å². The van der Waals surface area contributed by atoms with Gasteiger partial charge >= 0.3 is 0 Å². The fourth-order valence-corrected chi connectivity index (χ4v) is 2.66. The predicted molar refractivity (Wildman–Crippen MR) is 78.9 cm³/mol. The largest absolute Gasteiger partial charge is 0.491 e. The Balaban J connectivity index is 1.58. The molecule has 1 aliphatic rings. The zero-order valence-corrected chi connectivity index (χ0v) is 12.0. The number of aryl methyl sites for hydroxylation is 2. The molecule has 2 heterocycles. The summed E-state index contributed by atoms with van der Waals surface area (Å²) in [6.07, 6.45) is 4.88. The zero-order chi connectivity index (χ0) is 13.9. The number of rotatable bonds is 5. The highest BCUT2D eigenvalue weighted by atomic mass is 16.5. The second-order valence-electron chi connectivity index (χ2n) is 5.53. The molecule has 0 aliphatic carbocycles. The van der Waals surface area contributed by atoms with E-state index in [1.54, 1.807) is 0 Å². The highest BCUT2D eigenvalue weighted by Crippen LogP contribution is 2.33. The number of ether oxygens (including phenoxy) is 1. The van der Waals surface area contributed by atoms with Gasteiger partial charge in [0, 0.05) is 30.5 Å². The van der Waals surface area contributed by atoms with Crippen LogP contribution in [-0.2, 0) is 6.54 Å². The maximum atomic E-state index is 5.74. The van der Waals surface area contributed by atoms with E-state index >= 15 is 0 Å². The van der Waals surface area contributed by atoms with E-state index in [1.807, 2.05) is 23.1 Å². The van der Waals surface area contributed by atoms with Gasteiger partial charge in [-0.3, -0.25) is 4.68 Å². The lowest BCUT2D eigenvalue weighted by Gasteiger charge is -2.19. The fourth-order valence-electron chi connectivity index (χ4n) is 2.66. The Labute approximate surface area is 119 Å². The van der Waals surface area contributed by atoms with Crippen molar-refractivity contribution in [1.82, 2.24) is 15.1 Å². The molecule has 1 aliphatic heterocycles. The van der Waals surface area contributed by atoms with E-state index in [0.717, 1.165) is 25.3 Å². The molecule has 4 heteroatoms. The first kappa shape index (κ1) is 13.2. The quantitative estimate of drug-likeness (QED) is 0.908. The Bertz CT molecular complexity index is 565. The van der Waals surface area contributed by atoms with Crippen LogP contribution in [0.15, 0.2) is 36.7 Å². The fraction of sp³-hybridized carbons (Fsp3) is 0.438. The molecule has 0 amide bonds. The molecule has 3 rings (SSSR count). The predicted octanol–water partition coefficient (Wildman–Crippen LogP) is 2.69. The van der Waals surface area contributed by atoms with Gasteiger partial charge in [0.2, 0.25) is 0 Å². The third kappa shape index (κ3) is 2.85. The lowest BCUT2D eigenvalue weighted by molar-refractivity contribution is 0.294. The lowest BCUT2D eigenvalue weighted by Crippen LogP contribution is -2.32. The van der Waals surface area contributed by atoms with Crippen LogP contribution in [0.1, 0.15) is 30.5 Å². The molecule has 1 aromatic heterocycles. The van der Waals surface area contributed by atoms with Crippen LogP contribution in [-0.4, -0.2) is 22.4 Å². The van der Waals surface area contributed by atoms with E-state index < -0.39 is 0 Å². The summed E-state index contributed by atoms with van der Waals surface area (Å²) in [5.74, 6) is 1.02. The van der Waals surface area contributed by atoms with E-state index in [0.29, 0.717) is 12.1 Å². The smallest absolute Gasteiger partial charge is 0.124 e. The topological polar surface area (TPSA) is 39.1 Å². The Hall–Kier alpha value is -1.81. The molecule has 0 fully saturated rings. The first-order valence-electron chi connectivity index (χ1n) is 7.19. The molecule has 2 aromatic rings. The molecular formula is C16H21N3O. The van der Waals surface area contributed by atoms with E-state index in [4.69, 9.17) is 4.74 Å². The first-order valence-corrected chi connectivity index (χ1v) is 7.19. The lowest BCUT2D eigenvalue weighted by atomic mass is 10.0. The number of nitrogens with one attached hydrogen (secondary N) is 1. The summed E-state index contributed by atoms with van der Waals surface area (Å²) >= 11 is 0. The average molecular weight is 271 g/mol. The summed E-state index contributed by atoms with van der Waals surface area (Å²) in [5.41, 5.74) is 2.57. The highest BCUT2D eigenvalue weighted by Gasteiger charge is 2.25. The van der Waals surface area contributed by atoms with Crippen molar-refractivity contribution in [3.63, 3.8) is 0 Å². The molecule has 0 saturated heterocycles. The van der Waals surface area contributed by atoms with E-state index in [9.17, 15) is 0 Å². The molecule has 2 atom stereocenters. The Morgan fingerprint density at radius 3 is 3.20 bits per heavy atom. The normalized spacial score (nSPS) is 18.6. The van der Waals surface area contributed by atoms with Gasteiger partial charge < -0.3 is 10.1 Å². The number of hydrogen-bond donors (Lipinski definition) is 1. The Kier molecular flexibility index (Phi) is 3.74. The number of nitrogens with zero attached hydrogens (tertiary/aromatic N) is 2. The third-order valence-electron chi connectivity index (χ3n) is 3.78. The van der Waals surface area contributed by atoms with Crippen LogP contribution in [0, 0.1) is 6.92 Å². The van der Waals surface area contributed by atoms with Crippen LogP contribution in [0.5, 0.6) is 5.75 Å². The van der Waals surface area contributed by atoms with Crippen molar-refractivity contribution >= 4 is 0 Å². The summed E-state index contributed by atoms with van der Waals surface area (Å²) in [5, 5.41) is 7.89. The van der Waals surface area contributed by atoms with Gasteiger partial charge in [-0.2, -0.15) is 5.10 Å². The SMILES string of the molecule is Cc1ccc2c(c1)[C@@H](N[C@H](C)CCn1cccn1)CO2. The van der Waals surface area contributed by atoms with Gasteiger partial charge in [-0.05, 0) is 32.4 Å². The van der Waals surface area contributed by atoms with Crippen molar-refractivity contribution in [3.05, 3.63) is 47.8 Å². The molecule has 106 valence electrons. The third-order valence-corrected chi connectivity index (χ3v) is 3.78. The van der Waals surface area contributed by atoms with Gasteiger partial charge in [0.15, 0.2) is 0 Å². The average Bonchev–Trinajstić information content (AvgIpc) is 3.07. The van der Waals surface area contributed by atoms with Crippen LogP contribution in [0.4, 0.5) is 0 Å². The highest BCUT2D eigenvalue weighted by molar-refractivity contribution is 5.42. The van der Waals surface area contributed by atoms with Crippen LogP contribution in [0.2, 0.25) is 0 Å². The standard InChI is InChI=1S/C16H21N3O/c1-12-4-5-16-14(10-12)15(11-20-16)18-13(2)6-9-19-8-3-7-17-19/h3-5,7-8,10,13,15,18H,6,9,11H2,1-2H3/t13-,15+/m1/s1. The monoisotopic (exact) mass is 271 g/mol. The van der Waals surface area contributed by atoms with Crippen molar-refractivity contribution in [2.45, 2.75) is 38.9 Å². The number of aromatic nitrogens is 2. The maximum Gasteiger partial charge on any atom is 0.124 e. The van der Waals surface area contributed by atoms with E-state index in [2.05, 4.69) is 42.5 Å². The maximum absolute atomic E-state index is 5.74. The van der Waals surface area contributed by atoms with Gasteiger partial charge in [-0.1, -0.05) is 17.7 Å². The van der Waals surface area contributed by atoms with Crippen molar-refractivity contribution in [3.8, 4) is 5.75 Å². The molecule has 1 aromatic carbocycles. The molecule has 0 unspecified atom stereocenters. The number of benzene rings is 1. The molecule has 0 bridgehead atoms. The van der Waals surface area contributed by atoms with Crippen molar-refractivity contribution in [1.29, 1.82) is 0 Å². The Morgan fingerprint density at radius 2 is 2.40 bits per heavy atom. The van der Waals surface area contributed by atoms with Crippen LogP contribution in [0.25, 0.3) is 0 Å². The second kappa shape index (κ2) is 5.67. The Morgan fingerprint density at radius 1 is 1.50 bits per heavy atom. The minimum absolute atomic E-state index is 0.303. The molecular weight excluding hydrogens is 250 g/mol. The molecule has 1 N–H and O–H groups in total. The van der Waals surface area contributed by atoms with E-state index in [1.165, 1.54) is 11.1 Å². The van der Waals surface area contributed by atoms with Crippen molar-refractivity contribution in [2.75, 3.05) is 6.61 Å².